The highest BCUT2D eigenvalue weighted by molar-refractivity contribution is 6.33. The van der Waals surface area contributed by atoms with Crippen LogP contribution in [0.5, 0.6) is 0 Å². The lowest BCUT2D eigenvalue weighted by Gasteiger charge is -2.04. The summed E-state index contributed by atoms with van der Waals surface area (Å²) in [5.41, 5.74) is 0.293. The van der Waals surface area contributed by atoms with Crippen molar-refractivity contribution in [2.24, 2.45) is 0 Å². The number of halogens is 1. The molecule has 0 saturated heterocycles. The molecule has 0 aliphatic rings. The molecule has 1 aromatic heterocycles. The van der Waals surface area contributed by atoms with E-state index in [-0.39, 0.29) is 27.1 Å². The summed E-state index contributed by atoms with van der Waals surface area (Å²) in [7, 11) is 0. The van der Waals surface area contributed by atoms with Crippen molar-refractivity contribution < 1.29 is 9.34 Å². The van der Waals surface area contributed by atoms with Gasteiger partial charge in [-0.1, -0.05) is 41.9 Å². The van der Waals surface area contributed by atoms with Crippen LogP contribution >= 0.6 is 11.6 Å². The molecule has 0 radical (unpaired) electrons. The molecular weight excluding hydrogens is 294 g/mol. The molecule has 0 unspecified atom stereocenters. The van der Waals surface area contributed by atoms with E-state index < -0.39 is 4.92 Å². The SMILES string of the molecule is O=c1cc(-c2ccccc2)oc2cc(Cl)c([N+](=O)[O-])cc12. The van der Waals surface area contributed by atoms with Gasteiger partial charge in [-0.2, -0.15) is 0 Å². The number of rotatable bonds is 2. The molecule has 0 spiro atoms. The molecule has 1 heterocycles. The van der Waals surface area contributed by atoms with Crippen LogP contribution in [0.4, 0.5) is 5.69 Å². The Balaban J connectivity index is 2.29. The second kappa shape index (κ2) is 5.03. The van der Waals surface area contributed by atoms with Gasteiger partial charge in [0.2, 0.25) is 0 Å². The van der Waals surface area contributed by atoms with E-state index in [1.807, 2.05) is 18.2 Å². The van der Waals surface area contributed by atoms with E-state index in [9.17, 15) is 14.9 Å². The second-order valence-corrected chi connectivity index (χ2v) is 4.81. The van der Waals surface area contributed by atoms with Crippen LogP contribution in [0, 0.1) is 10.1 Å². The summed E-state index contributed by atoms with van der Waals surface area (Å²) >= 11 is 5.85. The van der Waals surface area contributed by atoms with E-state index in [2.05, 4.69) is 0 Å². The Morgan fingerprint density at radius 1 is 1.10 bits per heavy atom. The summed E-state index contributed by atoms with van der Waals surface area (Å²) in [4.78, 5) is 22.4. The maximum absolute atomic E-state index is 12.1. The minimum absolute atomic E-state index is 0.0686. The lowest BCUT2D eigenvalue weighted by atomic mass is 10.1. The highest BCUT2D eigenvalue weighted by Gasteiger charge is 2.17. The second-order valence-electron chi connectivity index (χ2n) is 4.40. The lowest BCUT2D eigenvalue weighted by molar-refractivity contribution is -0.384. The monoisotopic (exact) mass is 301 g/mol. The average molecular weight is 302 g/mol. The number of nitrogens with zero attached hydrogens (tertiary/aromatic N) is 1. The van der Waals surface area contributed by atoms with E-state index >= 15 is 0 Å². The quantitative estimate of drug-likeness (QED) is 0.529. The summed E-state index contributed by atoms with van der Waals surface area (Å²) < 4.78 is 5.64. The molecule has 21 heavy (non-hydrogen) atoms. The van der Waals surface area contributed by atoms with Gasteiger partial charge in [-0.05, 0) is 0 Å². The summed E-state index contributed by atoms with van der Waals surface area (Å²) in [6.07, 6.45) is 0. The van der Waals surface area contributed by atoms with Gasteiger partial charge in [0.1, 0.15) is 16.4 Å². The molecule has 104 valence electrons. The Hall–Kier alpha value is -2.66. The number of nitro benzene ring substituents is 1. The molecule has 0 aliphatic heterocycles. The fourth-order valence-corrected chi connectivity index (χ4v) is 2.27. The van der Waals surface area contributed by atoms with Crippen LogP contribution < -0.4 is 5.43 Å². The molecular formula is C15H8ClNO4. The molecule has 0 bridgehead atoms. The number of benzene rings is 2. The number of fused-ring (bicyclic) bond motifs is 1. The average Bonchev–Trinajstić information content (AvgIpc) is 2.47. The van der Waals surface area contributed by atoms with Crippen LogP contribution in [0.3, 0.4) is 0 Å². The Kier molecular flexibility index (Phi) is 3.19. The molecule has 0 fully saturated rings. The van der Waals surface area contributed by atoms with Crippen LogP contribution in [0.25, 0.3) is 22.3 Å². The normalized spacial score (nSPS) is 10.7. The molecule has 0 amide bonds. The van der Waals surface area contributed by atoms with Gasteiger partial charge in [-0.25, -0.2) is 0 Å². The van der Waals surface area contributed by atoms with Gasteiger partial charge in [0.05, 0.1) is 10.3 Å². The maximum atomic E-state index is 12.1. The van der Waals surface area contributed by atoms with E-state index in [0.717, 1.165) is 11.6 Å². The van der Waals surface area contributed by atoms with E-state index in [1.54, 1.807) is 12.1 Å². The Bertz CT molecular complexity index is 903. The number of nitro groups is 1. The molecule has 3 aromatic rings. The zero-order valence-electron chi connectivity index (χ0n) is 10.6. The Morgan fingerprint density at radius 2 is 1.81 bits per heavy atom. The van der Waals surface area contributed by atoms with Crippen molar-refractivity contribution >= 4 is 28.3 Å². The molecule has 0 N–H and O–H groups in total. The van der Waals surface area contributed by atoms with Crippen LogP contribution in [-0.2, 0) is 0 Å². The predicted molar refractivity (Wildman–Crippen MR) is 79.6 cm³/mol. The molecule has 5 nitrogen and oxygen atoms in total. The van der Waals surface area contributed by atoms with Crippen molar-refractivity contribution in [2.75, 3.05) is 0 Å². The topological polar surface area (TPSA) is 73.3 Å². The first-order chi connectivity index (χ1) is 10.1. The smallest absolute Gasteiger partial charge is 0.288 e. The highest BCUT2D eigenvalue weighted by atomic mass is 35.5. The third-order valence-corrected chi connectivity index (χ3v) is 3.35. The van der Waals surface area contributed by atoms with Gasteiger partial charge in [0.25, 0.3) is 5.69 Å². The van der Waals surface area contributed by atoms with Crippen molar-refractivity contribution in [1.82, 2.24) is 0 Å². The Morgan fingerprint density at radius 3 is 2.48 bits per heavy atom. The van der Waals surface area contributed by atoms with Crippen molar-refractivity contribution in [3.63, 3.8) is 0 Å². The summed E-state index contributed by atoms with van der Waals surface area (Å²) in [6, 6.07) is 12.8. The van der Waals surface area contributed by atoms with Crippen LogP contribution in [-0.4, -0.2) is 4.92 Å². The molecule has 0 saturated carbocycles. The van der Waals surface area contributed by atoms with Crippen LogP contribution in [0.2, 0.25) is 5.02 Å². The first-order valence-electron chi connectivity index (χ1n) is 6.03. The zero-order valence-corrected chi connectivity index (χ0v) is 11.3. The summed E-state index contributed by atoms with van der Waals surface area (Å²) in [5, 5.41) is 10.9. The van der Waals surface area contributed by atoms with E-state index in [0.29, 0.717) is 5.76 Å². The lowest BCUT2D eigenvalue weighted by Crippen LogP contribution is -2.01. The van der Waals surface area contributed by atoms with Crippen molar-refractivity contribution in [3.8, 4) is 11.3 Å². The fraction of sp³-hybridized carbons (Fsp3) is 0. The predicted octanol–water partition coefficient (Wildman–Crippen LogP) is 4.02. The van der Waals surface area contributed by atoms with Gasteiger partial charge in [0.15, 0.2) is 5.43 Å². The largest absolute Gasteiger partial charge is 0.456 e. The maximum Gasteiger partial charge on any atom is 0.288 e. The summed E-state index contributed by atoms with van der Waals surface area (Å²) in [6.45, 7) is 0. The minimum Gasteiger partial charge on any atom is -0.456 e. The van der Waals surface area contributed by atoms with Gasteiger partial charge >= 0.3 is 0 Å². The van der Waals surface area contributed by atoms with Crippen molar-refractivity contribution in [1.29, 1.82) is 0 Å². The molecule has 2 aromatic carbocycles. The van der Waals surface area contributed by atoms with Gasteiger partial charge in [0, 0.05) is 23.8 Å². The van der Waals surface area contributed by atoms with Gasteiger partial charge in [-0.3, -0.25) is 14.9 Å². The minimum atomic E-state index is -0.633. The van der Waals surface area contributed by atoms with Crippen molar-refractivity contribution in [3.05, 3.63) is 73.9 Å². The Labute approximate surface area is 123 Å². The zero-order chi connectivity index (χ0) is 15.0. The first-order valence-corrected chi connectivity index (χ1v) is 6.41. The molecule has 0 atom stereocenters. The highest BCUT2D eigenvalue weighted by Crippen LogP contribution is 2.30. The van der Waals surface area contributed by atoms with Crippen LogP contribution in [0.15, 0.2) is 57.7 Å². The number of hydrogen-bond acceptors (Lipinski definition) is 4. The van der Waals surface area contributed by atoms with E-state index in [4.69, 9.17) is 16.0 Å². The van der Waals surface area contributed by atoms with Crippen molar-refractivity contribution in [2.45, 2.75) is 0 Å². The van der Waals surface area contributed by atoms with Gasteiger partial charge < -0.3 is 4.42 Å². The third-order valence-electron chi connectivity index (χ3n) is 3.05. The number of hydrogen-bond donors (Lipinski definition) is 0. The molecule has 0 aliphatic carbocycles. The standard InChI is InChI=1S/C15H8ClNO4/c16-11-7-15-10(6-12(11)17(19)20)13(18)8-14(21-15)9-4-2-1-3-5-9/h1-8H. The summed E-state index contributed by atoms with van der Waals surface area (Å²) in [5.74, 6) is 0.387. The fourth-order valence-electron chi connectivity index (χ4n) is 2.05. The van der Waals surface area contributed by atoms with E-state index in [1.165, 1.54) is 12.1 Å². The first kappa shape index (κ1) is 13.3. The molecule has 6 heteroatoms. The van der Waals surface area contributed by atoms with Gasteiger partial charge in [-0.15, -0.1) is 0 Å². The molecule has 3 rings (SSSR count). The van der Waals surface area contributed by atoms with Crippen LogP contribution in [0.1, 0.15) is 0 Å². The third kappa shape index (κ3) is 2.39.